The Morgan fingerprint density at radius 2 is 1.81 bits per heavy atom. The zero-order valence-corrected chi connectivity index (χ0v) is 19.5. The molecule has 4 rings (SSSR count). The quantitative estimate of drug-likeness (QED) is 0.539. The number of aromatic nitrogens is 1. The minimum absolute atomic E-state index is 0.376. The second-order valence-electron chi connectivity index (χ2n) is 7.54. The van der Waals surface area contributed by atoms with Crippen molar-refractivity contribution in [2.45, 2.75) is 24.8 Å². The average Bonchev–Trinajstić information content (AvgIpc) is 3.28. The van der Waals surface area contributed by atoms with Crippen LogP contribution < -0.4 is 4.74 Å². The van der Waals surface area contributed by atoms with Gasteiger partial charge in [-0.3, -0.25) is 4.90 Å². The van der Waals surface area contributed by atoms with Crippen molar-refractivity contribution in [2.24, 2.45) is 0 Å². The predicted molar refractivity (Wildman–Crippen MR) is 124 cm³/mol. The molecule has 2 heterocycles. The second-order valence-corrected chi connectivity index (χ2v) is 10.4. The summed E-state index contributed by atoms with van der Waals surface area (Å²) in [6, 6.07) is 15.1. The Labute approximate surface area is 188 Å². The normalized spacial score (nSPS) is 15.8. The van der Waals surface area contributed by atoms with Gasteiger partial charge in [0.25, 0.3) is 0 Å². The van der Waals surface area contributed by atoms with E-state index in [0.29, 0.717) is 31.1 Å². The van der Waals surface area contributed by atoms with Gasteiger partial charge in [0.15, 0.2) is 0 Å². The number of rotatable bonds is 7. The number of piperazine rings is 1. The van der Waals surface area contributed by atoms with Gasteiger partial charge in [-0.1, -0.05) is 31.2 Å². The van der Waals surface area contributed by atoms with Gasteiger partial charge >= 0.3 is 0 Å². The number of ether oxygens (including phenoxy) is 1. The molecule has 2 aromatic carbocycles. The third-order valence-corrected chi connectivity index (χ3v) is 8.32. The molecule has 0 spiro atoms. The van der Waals surface area contributed by atoms with E-state index in [1.807, 2.05) is 36.4 Å². The number of nitrogens with zero attached hydrogens (tertiary/aromatic N) is 3. The van der Waals surface area contributed by atoms with Crippen molar-refractivity contribution in [3.8, 4) is 17.0 Å². The van der Waals surface area contributed by atoms with Crippen LogP contribution >= 0.6 is 11.3 Å². The minimum atomic E-state index is -3.44. The Bertz CT molecular complexity index is 1120. The second kappa shape index (κ2) is 9.48. The smallest absolute Gasteiger partial charge is 0.243 e. The monoisotopic (exact) mass is 457 g/mol. The number of hydrogen-bond acceptors (Lipinski definition) is 6. The molecule has 1 fully saturated rings. The van der Waals surface area contributed by atoms with E-state index in [0.717, 1.165) is 40.5 Å². The van der Waals surface area contributed by atoms with Gasteiger partial charge < -0.3 is 4.74 Å². The number of thiazole rings is 1. The lowest BCUT2D eigenvalue weighted by molar-refractivity contribution is 0.181. The Balaban J connectivity index is 1.36. The summed E-state index contributed by atoms with van der Waals surface area (Å²) in [6.07, 6.45) is 0.898. The highest BCUT2D eigenvalue weighted by Gasteiger charge is 2.28. The van der Waals surface area contributed by atoms with Gasteiger partial charge in [-0.05, 0) is 36.2 Å². The van der Waals surface area contributed by atoms with Crippen molar-refractivity contribution >= 4 is 21.4 Å². The fourth-order valence-corrected chi connectivity index (χ4v) is 5.93. The van der Waals surface area contributed by atoms with Crippen LogP contribution in [0.15, 0.2) is 58.8 Å². The van der Waals surface area contributed by atoms with Crippen LogP contribution in [0.2, 0.25) is 0 Å². The Kier molecular flexibility index (Phi) is 6.71. The lowest BCUT2D eigenvalue weighted by Crippen LogP contribution is -2.48. The standard InChI is InChI=1S/C23H27N3O3S2/c1-3-18-7-9-21(10-8-18)31(27,28)26-13-11-25(12-14-26)16-23-24-22(17-30-23)19-5-4-6-20(15-19)29-2/h4-10,15,17H,3,11-14,16H2,1-2H3. The summed E-state index contributed by atoms with van der Waals surface area (Å²) >= 11 is 1.63. The summed E-state index contributed by atoms with van der Waals surface area (Å²) in [5.41, 5.74) is 3.11. The number of methoxy groups -OCH3 is 1. The van der Waals surface area contributed by atoms with Crippen molar-refractivity contribution in [3.63, 3.8) is 0 Å². The molecule has 0 radical (unpaired) electrons. The molecule has 1 aromatic heterocycles. The highest BCUT2D eigenvalue weighted by Crippen LogP contribution is 2.26. The van der Waals surface area contributed by atoms with Crippen molar-refractivity contribution < 1.29 is 13.2 Å². The Morgan fingerprint density at radius 3 is 2.48 bits per heavy atom. The van der Waals surface area contributed by atoms with Gasteiger partial charge in [0.2, 0.25) is 10.0 Å². The molecule has 0 aliphatic carbocycles. The summed E-state index contributed by atoms with van der Waals surface area (Å²) in [4.78, 5) is 7.41. The van der Waals surface area contributed by atoms with E-state index in [1.54, 1.807) is 34.9 Å². The van der Waals surface area contributed by atoms with Crippen molar-refractivity contribution in [2.75, 3.05) is 33.3 Å². The van der Waals surface area contributed by atoms with Crippen LogP contribution in [0.1, 0.15) is 17.5 Å². The van der Waals surface area contributed by atoms with E-state index in [4.69, 9.17) is 9.72 Å². The first-order valence-corrected chi connectivity index (χ1v) is 12.7. The molecule has 1 aliphatic heterocycles. The summed E-state index contributed by atoms with van der Waals surface area (Å²) in [5.74, 6) is 0.814. The van der Waals surface area contributed by atoms with Crippen molar-refractivity contribution in [3.05, 3.63) is 64.5 Å². The molecule has 0 bridgehead atoms. The Hall–Kier alpha value is -2.26. The number of sulfonamides is 1. The lowest BCUT2D eigenvalue weighted by Gasteiger charge is -2.33. The van der Waals surface area contributed by atoms with Gasteiger partial charge in [0.1, 0.15) is 10.8 Å². The third-order valence-electron chi connectivity index (χ3n) is 5.58. The maximum absolute atomic E-state index is 13.0. The summed E-state index contributed by atoms with van der Waals surface area (Å²) in [6.45, 7) is 5.16. The summed E-state index contributed by atoms with van der Waals surface area (Å²) in [5, 5.41) is 3.09. The lowest BCUT2D eigenvalue weighted by atomic mass is 10.2. The van der Waals surface area contributed by atoms with Crippen LogP contribution in [-0.4, -0.2) is 55.9 Å². The minimum Gasteiger partial charge on any atom is -0.497 e. The highest BCUT2D eigenvalue weighted by atomic mass is 32.2. The maximum atomic E-state index is 13.0. The number of benzene rings is 2. The van der Waals surface area contributed by atoms with Crippen LogP contribution in [-0.2, 0) is 23.0 Å². The zero-order valence-electron chi connectivity index (χ0n) is 17.8. The van der Waals surface area contributed by atoms with Crippen molar-refractivity contribution in [1.82, 2.24) is 14.2 Å². The van der Waals surface area contributed by atoms with Gasteiger partial charge in [0, 0.05) is 37.1 Å². The number of hydrogen-bond donors (Lipinski definition) is 0. The fourth-order valence-electron chi connectivity index (χ4n) is 3.66. The van der Waals surface area contributed by atoms with E-state index in [2.05, 4.69) is 17.2 Å². The van der Waals surface area contributed by atoms with E-state index in [9.17, 15) is 8.42 Å². The topological polar surface area (TPSA) is 62.7 Å². The molecular formula is C23H27N3O3S2. The van der Waals surface area contributed by atoms with Crippen LogP contribution in [0, 0.1) is 0 Å². The van der Waals surface area contributed by atoms with Gasteiger partial charge in [0.05, 0.1) is 24.2 Å². The first-order valence-electron chi connectivity index (χ1n) is 10.4. The fraction of sp³-hybridized carbons (Fsp3) is 0.348. The van der Waals surface area contributed by atoms with Gasteiger partial charge in [-0.2, -0.15) is 4.31 Å². The summed E-state index contributed by atoms with van der Waals surface area (Å²) in [7, 11) is -1.78. The van der Waals surface area contributed by atoms with Gasteiger partial charge in [-0.15, -0.1) is 11.3 Å². The van der Waals surface area contributed by atoms with Gasteiger partial charge in [-0.25, -0.2) is 13.4 Å². The number of aryl methyl sites for hydroxylation is 1. The van der Waals surface area contributed by atoms with E-state index < -0.39 is 10.0 Å². The molecule has 31 heavy (non-hydrogen) atoms. The molecule has 1 aliphatic rings. The molecule has 0 saturated carbocycles. The largest absolute Gasteiger partial charge is 0.497 e. The molecule has 0 N–H and O–H groups in total. The molecule has 0 amide bonds. The predicted octanol–water partition coefficient (Wildman–Crippen LogP) is 3.89. The summed E-state index contributed by atoms with van der Waals surface area (Å²) < 4.78 is 32.8. The van der Waals surface area contributed by atoms with Crippen LogP contribution in [0.25, 0.3) is 11.3 Å². The highest BCUT2D eigenvalue weighted by molar-refractivity contribution is 7.89. The molecule has 0 unspecified atom stereocenters. The van der Waals surface area contributed by atoms with E-state index in [1.165, 1.54) is 0 Å². The van der Waals surface area contributed by atoms with E-state index in [-0.39, 0.29) is 0 Å². The molecule has 0 atom stereocenters. The Morgan fingerprint density at radius 1 is 1.06 bits per heavy atom. The van der Waals surface area contributed by atoms with E-state index >= 15 is 0 Å². The zero-order chi connectivity index (χ0) is 21.8. The molecule has 3 aromatic rings. The molecule has 8 heteroatoms. The van der Waals surface area contributed by atoms with Crippen molar-refractivity contribution in [1.29, 1.82) is 0 Å². The third kappa shape index (κ3) is 4.98. The molecule has 1 saturated heterocycles. The molecular weight excluding hydrogens is 430 g/mol. The van der Waals surface area contributed by atoms with Crippen LogP contribution in [0.4, 0.5) is 0 Å². The molecule has 6 nitrogen and oxygen atoms in total. The molecule has 164 valence electrons. The maximum Gasteiger partial charge on any atom is 0.243 e. The first kappa shape index (κ1) is 22.0. The van der Waals surface area contributed by atoms with Crippen LogP contribution in [0.3, 0.4) is 0 Å². The average molecular weight is 458 g/mol. The SMILES string of the molecule is CCc1ccc(S(=O)(=O)N2CCN(Cc3nc(-c4cccc(OC)c4)cs3)CC2)cc1. The van der Waals surface area contributed by atoms with Crippen LogP contribution in [0.5, 0.6) is 5.75 Å². The first-order chi connectivity index (χ1) is 15.0.